The summed E-state index contributed by atoms with van der Waals surface area (Å²) in [7, 11) is 2.47. The van der Waals surface area contributed by atoms with Crippen molar-refractivity contribution < 1.29 is 23.8 Å². The maximum atomic E-state index is 12.6. The Hall–Kier alpha value is -3.22. The van der Waals surface area contributed by atoms with Crippen LogP contribution < -0.4 is 9.64 Å². The lowest BCUT2D eigenvalue weighted by atomic mass is 10.1. The molecule has 6 nitrogen and oxygen atoms in total. The number of esters is 2. The quantitative estimate of drug-likeness (QED) is 0.583. The Morgan fingerprint density at radius 1 is 0.900 bits per heavy atom. The molecule has 1 aliphatic rings. The van der Waals surface area contributed by atoms with E-state index in [-0.39, 0.29) is 11.3 Å². The Balaban J connectivity index is 2.13. The SMILES string of the molecule is COC(=O)C1=C(C(=O)OC)N(c2ccccc2Oc2ccc(Cl)cc2Cl)C=CC=C1. The molecule has 0 radical (unpaired) electrons. The third kappa shape index (κ3) is 4.50. The van der Waals surface area contributed by atoms with E-state index in [1.807, 2.05) is 0 Å². The molecule has 0 spiro atoms. The van der Waals surface area contributed by atoms with E-state index in [0.717, 1.165) is 0 Å². The topological polar surface area (TPSA) is 65.1 Å². The summed E-state index contributed by atoms with van der Waals surface area (Å²) in [5.41, 5.74) is 0.492. The second-order valence-electron chi connectivity index (χ2n) is 5.96. The highest BCUT2D eigenvalue weighted by Crippen LogP contribution is 2.39. The number of para-hydroxylation sites is 2. The summed E-state index contributed by atoms with van der Waals surface area (Å²) in [5.74, 6) is -0.633. The molecule has 0 unspecified atom stereocenters. The molecule has 30 heavy (non-hydrogen) atoms. The van der Waals surface area contributed by atoms with Crippen molar-refractivity contribution in [1.82, 2.24) is 0 Å². The standard InChI is InChI=1S/C22H17Cl2NO5/c1-28-21(26)15-7-5-6-12-25(20(15)22(27)29-2)17-8-3-4-9-19(17)30-18-11-10-14(23)13-16(18)24/h3-13H,1-2H3. The minimum atomic E-state index is -0.717. The van der Waals surface area contributed by atoms with Gasteiger partial charge in [0.25, 0.3) is 0 Å². The lowest BCUT2D eigenvalue weighted by Gasteiger charge is -2.25. The normalized spacial score (nSPS) is 13.1. The van der Waals surface area contributed by atoms with Crippen LogP contribution in [0.3, 0.4) is 0 Å². The Kier molecular flexibility index (Phi) is 6.82. The summed E-state index contributed by atoms with van der Waals surface area (Å²) in [5, 5.41) is 0.796. The van der Waals surface area contributed by atoms with Gasteiger partial charge in [-0.15, -0.1) is 0 Å². The molecule has 2 aromatic carbocycles. The summed E-state index contributed by atoms with van der Waals surface area (Å²) in [4.78, 5) is 26.4. The molecular formula is C22H17Cl2NO5. The molecule has 2 aromatic rings. The maximum absolute atomic E-state index is 12.6. The van der Waals surface area contributed by atoms with E-state index in [0.29, 0.717) is 27.2 Å². The number of halogens is 2. The molecule has 0 aliphatic carbocycles. The minimum Gasteiger partial charge on any atom is -0.465 e. The van der Waals surface area contributed by atoms with Gasteiger partial charge in [0.15, 0.2) is 5.75 Å². The predicted octanol–water partition coefficient (Wildman–Crippen LogP) is 5.28. The number of nitrogens with zero attached hydrogens (tertiary/aromatic N) is 1. The average molecular weight is 446 g/mol. The van der Waals surface area contributed by atoms with Crippen molar-refractivity contribution in [1.29, 1.82) is 0 Å². The molecule has 1 aliphatic heterocycles. The first-order valence-electron chi connectivity index (χ1n) is 8.73. The largest absolute Gasteiger partial charge is 0.465 e. The van der Waals surface area contributed by atoms with E-state index in [9.17, 15) is 9.59 Å². The average Bonchev–Trinajstić information content (AvgIpc) is 2.98. The molecule has 0 fully saturated rings. The van der Waals surface area contributed by atoms with Crippen molar-refractivity contribution in [3.05, 3.63) is 88.2 Å². The number of hydrogen-bond acceptors (Lipinski definition) is 6. The van der Waals surface area contributed by atoms with Gasteiger partial charge >= 0.3 is 11.9 Å². The number of anilines is 1. The minimum absolute atomic E-state index is 0.0207. The molecule has 1 heterocycles. The van der Waals surface area contributed by atoms with Crippen LogP contribution in [0, 0.1) is 0 Å². The Labute approximate surface area is 183 Å². The molecule has 0 N–H and O–H groups in total. The highest BCUT2D eigenvalue weighted by Gasteiger charge is 2.29. The van der Waals surface area contributed by atoms with Gasteiger partial charge in [-0.1, -0.05) is 41.4 Å². The molecule has 8 heteroatoms. The van der Waals surface area contributed by atoms with Gasteiger partial charge in [0.05, 0.1) is 30.5 Å². The molecular weight excluding hydrogens is 429 g/mol. The summed E-state index contributed by atoms with van der Waals surface area (Å²) < 4.78 is 15.8. The Bertz CT molecular complexity index is 1070. The van der Waals surface area contributed by atoms with Crippen molar-refractivity contribution in [3.8, 4) is 11.5 Å². The van der Waals surface area contributed by atoms with Crippen LogP contribution >= 0.6 is 23.2 Å². The summed E-state index contributed by atoms with van der Waals surface area (Å²) >= 11 is 12.2. The molecule has 0 amide bonds. The second-order valence-corrected chi connectivity index (χ2v) is 6.80. The van der Waals surface area contributed by atoms with Gasteiger partial charge in [0.2, 0.25) is 0 Å². The number of allylic oxidation sites excluding steroid dienone is 2. The van der Waals surface area contributed by atoms with Crippen LogP contribution in [-0.2, 0) is 19.1 Å². The first kappa shape index (κ1) is 21.5. The number of carbonyl (C=O) groups excluding carboxylic acids is 2. The summed E-state index contributed by atoms with van der Waals surface area (Å²) in [6, 6.07) is 11.8. The van der Waals surface area contributed by atoms with E-state index in [1.54, 1.807) is 60.8 Å². The highest BCUT2D eigenvalue weighted by atomic mass is 35.5. The van der Waals surface area contributed by atoms with Crippen LogP contribution in [0.2, 0.25) is 10.0 Å². The van der Waals surface area contributed by atoms with E-state index in [1.165, 1.54) is 25.2 Å². The molecule has 0 saturated carbocycles. The number of benzene rings is 2. The monoisotopic (exact) mass is 445 g/mol. The van der Waals surface area contributed by atoms with E-state index < -0.39 is 11.9 Å². The lowest BCUT2D eigenvalue weighted by molar-refractivity contribution is -0.139. The molecule has 0 aromatic heterocycles. The highest BCUT2D eigenvalue weighted by molar-refractivity contribution is 6.35. The van der Waals surface area contributed by atoms with Crippen molar-refractivity contribution in [2.24, 2.45) is 0 Å². The summed E-state index contributed by atoms with van der Waals surface area (Å²) in [6.07, 6.45) is 6.39. The first-order valence-corrected chi connectivity index (χ1v) is 9.48. The molecule has 0 saturated heterocycles. The van der Waals surface area contributed by atoms with Gasteiger partial charge in [0.1, 0.15) is 11.4 Å². The molecule has 0 bridgehead atoms. The van der Waals surface area contributed by atoms with Crippen molar-refractivity contribution in [2.75, 3.05) is 19.1 Å². The van der Waals surface area contributed by atoms with Crippen LogP contribution in [0.25, 0.3) is 0 Å². The van der Waals surface area contributed by atoms with E-state index in [4.69, 9.17) is 37.4 Å². The van der Waals surface area contributed by atoms with Gasteiger partial charge in [-0.25, -0.2) is 9.59 Å². The fourth-order valence-electron chi connectivity index (χ4n) is 2.77. The van der Waals surface area contributed by atoms with E-state index >= 15 is 0 Å². The van der Waals surface area contributed by atoms with Gasteiger partial charge in [-0.05, 0) is 42.5 Å². The molecule has 154 valence electrons. The number of rotatable bonds is 5. The zero-order valence-electron chi connectivity index (χ0n) is 16.1. The van der Waals surface area contributed by atoms with Crippen LogP contribution in [0.4, 0.5) is 5.69 Å². The fourth-order valence-corrected chi connectivity index (χ4v) is 3.22. The Morgan fingerprint density at radius 2 is 1.63 bits per heavy atom. The molecule has 0 atom stereocenters. The number of hydrogen-bond donors (Lipinski definition) is 0. The second kappa shape index (κ2) is 9.52. The number of methoxy groups -OCH3 is 2. The lowest BCUT2D eigenvalue weighted by Crippen LogP contribution is -2.27. The van der Waals surface area contributed by atoms with Crippen molar-refractivity contribution in [3.63, 3.8) is 0 Å². The summed E-state index contributed by atoms with van der Waals surface area (Å²) in [6.45, 7) is 0. The number of carbonyl (C=O) groups is 2. The van der Waals surface area contributed by atoms with Crippen LogP contribution in [0.1, 0.15) is 0 Å². The zero-order chi connectivity index (χ0) is 21.7. The number of ether oxygens (including phenoxy) is 3. The van der Waals surface area contributed by atoms with Crippen LogP contribution in [0.5, 0.6) is 11.5 Å². The third-order valence-corrected chi connectivity index (χ3v) is 4.66. The van der Waals surface area contributed by atoms with E-state index in [2.05, 4.69) is 0 Å². The van der Waals surface area contributed by atoms with Gasteiger partial charge < -0.3 is 19.1 Å². The maximum Gasteiger partial charge on any atom is 0.355 e. The van der Waals surface area contributed by atoms with Crippen molar-refractivity contribution >= 4 is 40.8 Å². The van der Waals surface area contributed by atoms with Gasteiger partial charge in [-0.3, -0.25) is 0 Å². The smallest absolute Gasteiger partial charge is 0.355 e. The van der Waals surface area contributed by atoms with Crippen LogP contribution in [-0.4, -0.2) is 26.2 Å². The Morgan fingerprint density at radius 3 is 2.33 bits per heavy atom. The fraction of sp³-hybridized carbons (Fsp3) is 0.0909. The first-order chi connectivity index (χ1) is 14.5. The molecule has 3 rings (SSSR count). The van der Waals surface area contributed by atoms with Crippen LogP contribution in [0.15, 0.2) is 78.2 Å². The van der Waals surface area contributed by atoms with Gasteiger partial charge in [-0.2, -0.15) is 0 Å². The van der Waals surface area contributed by atoms with Gasteiger partial charge in [0, 0.05) is 11.2 Å². The third-order valence-electron chi connectivity index (χ3n) is 4.13. The zero-order valence-corrected chi connectivity index (χ0v) is 17.6. The van der Waals surface area contributed by atoms with Crippen molar-refractivity contribution in [2.45, 2.75) is 0 Å². The predicted molar refractivity (Wildman–Crippen MR) is 115 cm³/mol.